The van der Waals surface area contributed by atoms with Crippen LogP contribution in [-0.4, -0.2) is 26.4 Å². The van der Waals surface area contributed by atoms with Gasteiger partial charge >= 0.3 is 0 Å². The van der Waals surface area contributed by atoms with Crippen LogP contribution in [0.4, 0.5) is 5.82 Å². The highest BCUT2D eigenvalue weighted by Gasteiger charge is 2.40. The van der Waals surface area contributed by atoms with E-state index in [2.05, 4.69) is 16.8 Å². The lowest BCUT2D eigenvalue weighted by molar-refractivity contribution is 0.0295. The van der Waals surface area contributed by atoms with E-state index in [0.29, 0.717) is 16.9 Å². The topological polar surface area (TPSA) is 81.4 Å². The molecule has 0 aliphatic heterocycles. The van der Waals surface area contributed by atoms with Crippen LogP contribution in [-0.2, 0) is 10.0 Å². The first-order valence-electron chi connectivity index (χ1n) is 10.8. The second-order valence-corrected chi connectivity index (χ2v) is 11.7. The smallest absolute Gasteiger partial charge is 0.231 e. The number of anilines is 1. The zero-order valence-electron chi connectivity index (χ0n) is 17.2. The molecule has 1 aromatic carbocycles. The van der Waals surface area contributed by atoms with Crippen molar-refractivity contribution < 1.29 is 17.7 Å². The van der Waals surface area contributed by atoms with E-state index in [9.17, 15) is 8.42 Å². The highest BCUT2D eigenvalue weighted by atomic mass is 32.2. The normalized spacial score (nSPS) is 29.7. The molecule has 3 aliphatic carbocycles. The third kappa shape index (κ3) is 4.11. The van der Waals surface area contributed by atoms with E-state index >= 15 is 0 Å². The maximum atomic E-state index is 11.6. The number of ether oxygens (including phenoxy) is 1. The average Bonchev–Trinajstić information content (AvgIpc) is 3.41. The lowest BCUT2D eigenvalue weighted by Gasteiger charge is -2.45. The number of nitrogens with one attached hydrogen (secondary N) is 1. The molecule has 0 saturated heterocycles. The molecule has 3 fully saturated rings. The Morgan fingerprint density at radius 2 is 1.93 bits per heavy atom. The van der Waals surface area contributed by atoms with Crippen molar-refractivity contribution >= 4 is 26.8 Å². The van der Waals surface area contributed by atoms with Gasteiger partial charge in [-0.15, -0.1) is 0 Å². The van der Waals surface area contributed by atoms with Crippen molar-refractivity contribution in [3.05, 3.63) is 17.7 Å². The summed E-state index contributed by atoms with van der Waals surface area (Å²) in [4.78, 5) is 0. The molecule has 29 heavy (non-hydrogen) atoms. The molecule has 1 heterocycles. The molecule has 6 nitrogen and oxygen atoms in total. The molecule has 0 amide bonds. The van der Waals surface area contributed by atoms with E-state index < -0.39 is 10.0 Å². The van der Waals surface area contributed by atoms with Crippen LogP contribution < -0.4 is 9.46 Å². The van der Waals surface area contributed by atoms with Crippen molar-refractivity contribution in [3.8, 4) is 5.75 Å². The number of nitrogens with zero attached hydrogens (tertiary/aromatic N) is 1. The Labute approximate surface area is 172 Å². The third-order valence-corrected chi connectivity index (χ3v) is 7.50. The summed E-state index contributed by atoms with van der Waals surface area (Å²) in [5, 5.41) is 4.62. The molecule has 158 valence electrons. The van der Waals surface area contributed by atoms with Crippen LogP contribution in [0.5, 0.6) is 5.75 Å². The first-order valence-corrected chi connectivity index (χ1v) is 12.7. The summed E-state index contributed by atoms with van der Waals surface area (Å²) in [7, 11) is -3.41. The predicted molar refractivity (Wildman–Crippen MR) is 113 cm³/mol. The molecule has 3 saturated carbocycles. The number of aromatic nitrogens is 1. The van der Waals surface area contributed by atoms with Crippen molar-refractivity contribution in [1.82, 2.24) is 5.16 Å². The van der Waals surface area contributed by atoms with Gasteiger partial charge in [-0.2, -0.15) is 0 Å². The maximum absolute atomic E-state index is 11.6. The van der Waals surface area contributed by atoms with E-state index in [1.54, 1.807) is 0 Å². The molecule has 2 atom stereocenters. The molecule has 0 spiro atoms. The van der Waals surface area contributed by atoms with Gasteiger partial charge in [0.1, 0.15) is 5.75 Å². The number of benzene rings is 1. The Bertz CT molecular complexity index is 1010. The minimum atomic E-state index is -3.41. The van der Waals surface area contributed by atoms with Gasteiger partial charge in [-0.25, -0.2) is 8.42 Å². The highest BCUT2D eigenvalue weighted by Crippen LogP contribution is 2.50. The van der Waals surface area contributed by atoms with Crippen LogP contribution >= 0.6 is 0 Å². The van der Waals surface area contributed by atoms with Crippen LogP contribution in [0.25, 0.3) is 11.0 Å². The van der Waals surface area contributed by atoms with Crippen molar-refractivity contribution in [2.24, 2.45) is 17.3 Å². The summed E-state index contributed by atoms with van der Waals surface area (Å²) in [6.07, 6.45) is 11.5. The molecule has 2 bridgehead atoms. The number of fused-ring (bicyclic) bond motifs is 3. The van der Waals surface area contributed by atoms with E-state index in [-0.39, 0.29) is 11.2 Å². The van der Waals surface area contributed by atoms with E-state index in [1.807, 2.05) is 12.1 Å². The first kappa shape index (κ1) is 19.2. The zero-order chi connectivity index (χ0) is 20.2. The number of sulfonamides is 1. The SMILES string of the molecule is CC1(COc2cc3onc(NS(C)(=O)=O)c3cc2C2CC2)CC2CCCC(C2)C1. The van der Waals surface area contributed by atoms with Crippen molar-refractivity contribution in [2.45, 2.75) is 64.2 Å². The highest BCUT2D eigenvalue weighted by molar-refractivity contribution is 7.92. The summed E-state index contributed by atoms with van der Waals surface area (Å²) in [6.45, 7) is 3.11. The van der Waals surface area contributed by atoms with E-state index in [1.165, 1.54) is 38.5 Å². The van der Waals surface area contributed by atoms with Crippen LogP contribution in [0.1, 0.15) is 69.8 Å². The summed E-state index contributed by atoms with van der Waals surface area (Å²) in [5.41, 5.74) is 1.94. The fourth-order valence-electron chi connectivity index (χ4n) is 5.69. The molecular weight excluding hydrogens is 388 g/mol. The van der Waals surface area contributed by atoms with Gasteiger partial charge in [-0.1, -0.05) is 31.3 Å². The minimum absolute atomic E-state index is 0.230. The van der Waals surface area contributed by atoms with Crippen LogP contribution in [0.3, 0.4) is 0 Å². The number of hydrogen-bond donors (Lipinski definition) is 1. The lowest BCUT2D eigenvalue weighted by atomic mass is 9.62. The molecule has 7 heteroatoms. The summed E-state index contributed by atoms with van der Waals surface area (Å²) >= 11 is 0. The number of hydrogen-bond acceptors (Lipinski definition) is 5. The second kappa shape index (κ2) is 6.89. The first-order chi connectivity index (χ1) is 13.8. The Hall–Kier alpha value is -1.76. The number of rotatable bonds is 6. The van der Waals surface area contributed by atoms with E-state index in [4.69, 9.17) is 9.26 Å². The monoisotopic (exact) mass is 418 g/mol. The molecule has 5 rings (SSSR count). The molecular formula is C22H30N2O4S. The Morgan fingerprint density at radius 3 is 2.59 bits per heavy atom. The molecule has 3 aliphatic rings. The quantitative estimate of drug-likeness (QED) is 0.709. The third-order valence-electron chi connectivity index (χ3n) is 6.93. The predicted octanol–water partition coefficient (Wildman–Crippen LogP) is 5.06. The van der Waals surface area contributed by atoms with Crippen LogP contribution in [0.2, 0.25) is 0 Å². The van der Waals surface area contributed by atoms with Crippen LogP contribution in [0, 0.1) is 17.3 Å². The average molecular weight is 419 g/mol. The minimum Gasteiger partial charge on any atom is -0.493 e. The molecule has 0 radical (unpaired) electrons. The molecule has 2 unspecified atom stereocenters. The van der Waals surface area contributed by atoms with Gasteiger partial charge in [0.25, 0.3) is 0 Å². The summed E-state index contributed by atoms with van der Waals surface area (Å²) in [6, 6.07) is 3.90. The lowest BCUT2D eigenvalue weighted by Crippen LogP contribution is -2.37. The zero-order valence-corrected chi connectivity index (χ0v) is 18.1. The summed E-state index contributed by atoms with van der Waals surface area (Å²) < 4.78 is 37.5. The fourth-order valence-corrected chi connectivity index (χ4v) is 6.19. The largest absolute Gasteiger partial charge is 0.493 e. The standard InChI is InChI=1S/C22H30N2O4S/c1-22(11-14-4-3-5-15(8-14)12-22)13-27-19-10-20-18(9-17(19)16-6-7-16)21(23-28-20)24-29(2,25)26/h9-10,14-16H,3-8,11-13H2,1-2H3,(H,23,24). The second-order valence-electron chi connectivity index (χ2n) is 9.97. The molecule has 2 aromatic rings. The van der Waals surface area contributed by atoms with Crippen molar-refractivity contribution in [2.75, 3.05) is 17.6 Å². The van der Waals surface area contributed by atoms with Gasteiger partial charge in [0, 0.05) is 11.5 Å². The van der Waals surface area contributed by atoms with Crippen molar-refractivity contribution in [1.29, 1.82) is 0 Å². The molecule has 1 aromatic heterocycles. The Balaban J connectivity index is 1.40. The van der Waals surface area contributed by atoms with Gasteiger partial charge in [-0.05, 0) is 61.5 Å². The summed E-state index contributed by atoms with van der Waals surface area (Å²) in [5.74, 6) is 3.33. The Morgan fingerprint density at radius 1 is 1.21 bits per heavy atom. The van der Waals surface area contributed by atoms with Gasteiger partial charge < -0.3 is 9.26 Å². The van der Waals surface area contributed by atoms with Gasteiger partial charge in [0.05, 0.1) is 18.2 Å². The fraction of sp³-hybridized carbons (Fsp3) is 0.682. The maximum Gasteiger partial charge on any atom is 0.231 e. The van der Waals surface area contributed by atoms with Crippen LogP contribution in [0.15, 0.2) is 16.7 Å². The van der Waals surface area contributed by atoms with Gasteiger partial charge in [0.2, 0.25) is 10.0 Å². The van der Waals surface area contributed by atoms with E-state index in [0.717, 1.165) is 48.9 Å². The van der Waals surface area contributed by atoms with Gasteiger partial charge in [0.15, 0.2) is 11.4 Å². The van der Waals surface area contributed by atoms with Gasteiger partial charge in [-0.3, -0.25) is 4.72 Å². The Kier molecular flexibility index (Phi) is 4.57. The van der Waals surface area contributed by atoms with Crippen molar-refractivity contribution in [3.63, 3.8) is 0 Å². The molecule has 1 N–H and O–H groups in total.